The Hall–Kier alpha value is -3.43. The number of aromatic nitrogens is 2. The van der Waals surface area contributed by atoms with Crippen LogP contribution in [0.25, 0.3) is 0 Å². The molecule has 0 radical (unpaired) electrons. The van der Waals surface area contributed by atoms with Gasteiger partial charge < -0.3 is 15.3 Å². The fourth-order valence-electron chi connectivity index (χ4n) is 1.53. The van der Waals surface area contributed by atoms with E-state index in [1.807, 2.05) is 5.32 Å². The number of hydrogen-bond acceptors (Lipinski definition) is 8. The highest BCUT2D eigenvalue weighted by atomic mass is 16.6. The average Bonchev–Trinajstić information content (AvgIpc) is 2.98. The maximum Gasteiger partial charge on any atom is 0.422 e. The number of urea groups is 1. The molecule has 0 aliphatic rings. The molecule has 3 N–H and O–H groups in total. The zero-order valence-corrected chi connectivity index (χ0v) is 11.3. The number of nitrogens with one attached hydrogen (secondary N) is 1. The van der Waals surface area contributed by atoms with Crippen molar-refractivity contribution >= 4 is 17.6 Å². The van der Waals surface area contributed by atoms with Crippen molar-refractivity contribution in [2.24, 2.45) is 10.9 Å². The van der Waals surface area contributed by atoms with E-state index in [0.717, 1.165) is 6.33 Å². The third-order valence-corrected chi connectivity index (χ3v) is 2.31. The van der Waals surface area contributed by atoms with Crippen LogP contribution < -0.4 is 15.8 Å². The number of nitrogens with two attached hydrogens (primary N) is 1. The maximum absolute atomic E-state index is 12.0. The Morgan fingerprint density at radius 3 is 2.77 bits per heavy atom. The monoisotopic (exact) mass is 305 g/mol. The second kappa shape index (κ2) is 6.83. The molecule has 0 aliphatic heterocycles. The average molecular weight is 305 g/mol. The minimum atomic E-state index is -1.02. The first-order chi connectivity index (χ1) is 10.6. The van der Waals surface area contributed by atoms with Crippen molar-refractivity contribution < 1.29 is 23.7 Å². The summed E-state index contributed by atoms with van der Waals surface area (Å²) >= 11 is 0. The van der Waals surface area contributed by atoms with Gasteiger partial charge in [-0.25, -0.2) is 4.79 Å². The van der Waals surface area contributed by atoms with Gasteiger partial charge in [0.1, 0.15) is 12.9 Å². The standard InChI is InChI=1S/C12H11N5O5/c1-20-17-9(10(18)16-11(13)19)7-4-2-3-5-8(7)21-12-14-6-15-22-12/h2-6H,1H3,(H3,13,16,18,19)/b17-9+. The van der Waals surface area contributed by atoms with Crippen LogP contribution in [0.15, 0.2) is 40.3 Å². The van der Waals surface area contributed by atoms with E-state index in [4.69, 9.17) is 15.0 Å². The first-order valence-corrected chi connectivity index (χ1v) is 5.87. The maximum atomic E-state index is 12.0. The first kappa shape index (κ1) is 15.0. The third kappa shape index (κ3) is 3.56. The summed E-state index contributed by atoms with van der Waals surface area (Å²) in [5.41, 5.74) is 4.95. The van der Waals surface area contributed by atoms with Gasteiger partial charge in [0.05, 0.1) is 5.56 Å². The molecule has 0 saturated heterocycles. The van der Waals surface area contributed by atoms with E-state index in [-0.39, 0.29) is 23.1 Å². The Morgan fingerprint density at radius 1 is 1.36 bits per heavy atom. The molecule has 2 rings (SSSR count). The highest BCUT2D eigenvalue weighted by molar-refractivity contribution is 6.47. The predicted molar refractivity (Wildman–Crippen MR) is 72.1 cm³/mol. The van der Waals surface area contributed by atoms with E-state index >= 15 is 0 Å². The van der Waals surface area contributed by atoms with Crippen molar-refractivity contribution in [1.82, 2.24) is 15.5 Å². The number of carbonyl (C=O) groups is 2. The smallest absolute Gasteiger partial charge is 0.409 e. The number of para-hydroxylation sites is 1. The van der Waals surface area contributed by atoms with Gasteiger partial charge in [-0.2, -0.15) is 4.98 Å². The van der Waals surface area contributed by atoms with Crippen LogP contribution >= 0.6 is 0 Å². The molecule has 0 spiro atoms. The Labute approximate surface area is 123 Å². The lowest BCUT2D eigenvalue weighted by Crippen LogP contribution is -2.40. The summed E-state index contributed by atoms with van der Waals surface area (Å²) in [5.74, 6) is -0.655. The minimum Gasteiger partial charge on any atom is -0.409 e. The van der Waals surface area contributed by atoms with Crippen LogP contribution in [-0.4, -0.2) is 34.9 Å². The Morgan fingerprint density at radius 2 is 2.14 bits per heavy atom. The molecule has 0 fully saturated rings. The van der Waals surface area contributed by atoms with Gasteiger partial charge in [0.25, 0.3) is 5.91 Å². The SMILES string of the molecule is CO/N=C(/C(=O)NC(N)=O)c1ccccc1Oc1ncno1. The molecule has 1 aromatic heterocycles. The third-order valence-electron chi connectivity index (χ3n) is 2.31. The number of rotatable bonds is 5. The van der Waals surface area contributed by atoms with E-state index in [0.29, 0.717) is 0 Å². The summed E-state index contributed by atoms with van der Waals surface area (Å²) in [6.45, 7) is 0. The van der Waals surface area contributed by atoms with Crippen LogP contribution in [0.3, 0.4) is 0 Å². The molecular formula is C12H11N5O5. The quantitative estimate of drug-likeness (QED) is 0.601. The van der Waals surface area contributed by atoms with Crippen LogP contribution in [-0.2, 0) is 9.63 Å². The van der Waals surface area contributed by atoms with E-state index in [9.17, 15) is 9.59 Å². The van der Waals surface area contributed by atoms with Gasteiger partial charge >= 0.3 is 12.1 Å². The highest BCUT2D eigenvalue weighted by Gasteiger charge is 2.21. The molecule has 1 aromatic carbocycles. The van der Waals surface area contributed by atoms with Crippen molar-refractivity contribution in [1.29, 1.82) is 0 Å². The normalized spacial score (nSPS) is 10.9. The van der Waals surface area contributed by atoms with Gasteiger partial charge in [-0.15, -0.1) is 0 Å². The number of benzene rings is 1. The number of ether oxygens (including phenoxy) is 1. The van der Waals surface area contributed by atoms with Crippen molar-refractivity contribution in [2.75, 3.05) is 7.11 Å². The van der Waals surface area contributed by atoms with E-state index in [1.165, 1.54) is 13.2 Å². The largest absolute Gasteiger partial charge is 0.422 e. The Bertz CT molecular complexity index is 698. The van der Waals surface area contributed by atoms with E-state index in [2.05, 4.69) is 20.1 Å². The number of carbonyl (C=O) groups excluding carboxylic acids is 2. The summed E-state index contributed by atoms with van der Waals surface area (Å²) in [6, 6.07) is 5.35. The summed E-state index contributed by atoms with van der Waals surface area (Å²) in [4.78, 5) is 31.1. The van der Waals surface area contributed by atoms with Crippen LogP contribution in [0.4, 0.5) is 4.79 Å². The number of nitrogens with zero attached hydrogens (tertiary/aromatic N) is 3. The van der Waals surface area contributed by atoms with Gasteiger partial charge in [-0.1, -0.05) is 22.4 Å². The van der Waals surface area contributed by atoms with Crippen molar-refractivity contribution in [3.05, 3.63) is 36.2 Å². The number of primary amides is 1. The molecule has 114 valence electrons. The summed E-state index contributed by atoms with van der Waals surface area (Å²) in [5, 5.41) is 8.88. The zero-order chi connectivity index (χ0) is 15.9. The van der Waals surface area contributed by atoms with Crippen molar-refractivity contribution in [3.8, 4) is 11.8 Å². The predicted octanol–water partition coefficient (Wildman–Crippen LogP) is 0.407. The molecule has 3 amide bonds. The van der Waals surface area contributed by atoms with Crippen molar-refractivity contribution in [3.63, 3.8) is 0 Å². The summed E-state index contributed by atoms with van der Waals surface area (Å²) in [7, 11) is 1.25. The molecule has 0 bridgehead atoms. The molecule has 10 heteroatoms. The molecule has 0 unspecified atom stereocenters. The molecule has 22 heavy (non-hydrogen) atoms. The van der Waals surface area contributed by atoms with Gasteiger partial charge in [0.2, 0.25) is 0 Å². The van der Waals surface area contributed by atoms with Crippen LogP contribution in [0.1, 0.15) is 5.56 Å². The number of hydrogen-bond donors (Lipinski definition) is 2. The Balaban J connectivity index is 2.37. The lowest BCUT2D eigenvalue weighted by atomic mass is 10.1. The fourth-order valence-corrected chi connectivity index (χ4v) is 1.53. The summed E-state index contributed by atoms with van der Waals surface area (Å²) < 4.78 is 10.1. The lowest BCUT2D eigenvalue weighted by molar-refractivity contribution is -0.113. The van der Waals surface area contributed by atoms with Crippen LogP contribution in [0.2, 0.25) is 0 Å². The number of oxime groups is 1. The fraction of sp³-hybridized carbons (Fsp3) is 0.0833. The van der Waals surface area contributed by atoms with Crippen LogP contribution in [0.5, 0.6) is 11.8 Å². The summed E-state index contributed by atoms with van der Waals surface area (Å²) in [6.07, 6.45) is 1.03. The minimum absolute atomic E-state index is 0.125. The number of imide groups is 1. The molecule has 10 nitrogen and oxygen atoms in total. The van der Waals surface area contributed by atoms with Crippen molar-refractivity contribution in [2.45, 2.75) is 0 Å². The molecule has 2 aromatic rings. The second-order valence-corrected chi connectivity index (χ2v) is 3.75. The molecule has 0 atom stereocenters. The molecule has 0 aliphatic carbocycles. The molecule has 1 heterocycles. The topological polar surface area (TPSA) is 142 Å². The Kier molecular flexibility index (Phi) is 4.65. The number of amides is 3. The van der Waals surface area contributed by atoms with Gasteiger partial charge in [0, 0.05) is 0 Å². The van der Waals surface area contributed by atoms with Crippen LogP contribution in [0, 0.1) is 0 Å². The van der Waals surface area contributed by atoms with Gasteiger partial charge in [-0.05, 0) is 12.1 Å². The van der Waals surface area contributed by atoms with E-state index < -0.39 is 11.9 Å². The van der Waals surface area contributed by atoms with Gasteiger partial charge in [-0.3, -0.25) is 14.6 Å². The van der Waals surface area contributed by atoms with Gasteiger partial charge in [0.15, 0.2) is 12.0 Å². The highest BCUT2D eigenvalue weighted by Crippen LogP contribution is 2.24. The lowest BCUT2D eigenvalue weighted by Gasteiger charge is -2.09. The molecular weight excluding hydrogens is 294 g/mol. The zero-order valence-electron chi connectivity index (χ0n) is 11.3. The molecule has 0 saturated carbocycles. The van der Waals surface area contributed by atoms with E-state index in [1.54, 1.807) is 18.2 Å². The second-order valence-electron chi connectivity index (χ2n) is 3.75. The first-order valence-electron chi connectivity index (χ1n) is 5.87.